The van der Waals surface area contributed by atoms with Crippen molar-refractivity contribution in [2.45, 2.75) is 0 Å². The first kappa shape index (κ1) is 21.2. The van der Waals surface area contributed by atoms with Gasteiger partial charge in [0.2, 0.25) is 0 Å². The van der Waals surface area contributed by atoms with Crippen LogP contribution in [0.15, 0.2) is 91.4 Å². The number of methoxy groups -OCH3 is 1. The van der Waals surface area contributed by atoms with E-state index in [1.165, 1.54) is 0 Å². The minimum absolute atomic E-state index is 0.0958. The van der Waals surface area contributed by atoms with Crippen molar-refractivity contribution < 1.29 is 14.3 Å². The van der Waals surface area contributed by atoms with Gasteiger partial charge in [-0.25, -0.2) is 4.68 Å². The second-order valence-electron chi connectivity index (χ2n) is 7.01. The summed E-state index contributed by atoms with van der Waals surface area (Å²) in [6.07, 6.45) is 8.74. The van der Waals surface area contributed by atoms with E-state index >= 15 is 0 Å². The lowest BCUT2D eigenvalue weighted by molar-refractivity contribution is 0.104. The van der Waals surface area contributed by atoms with E-state index in [9.17, 15) is 4.79 Å². The first-order chi connectivity index (χ1) is 15.7. The Morgan fingerprint density at radius 3 is 2.44 bits per heavy atom. The summed E-state index contributed by atoms with van der Waals surface area (Å²) in [5.74, 6) is 0.605. The van der Waals surface area contributed by atoms with Gasteiger partial charge in [-0.05, 0) is 60.7 Å². The van der Waals surface area contributed by atoms with Crippen LogP contribution in [0, 0.1) is 0 Å². The molecule has 0 unspecified atom stereocenters. The number of carbonyl (C=O) groups is 1. The maximum absolute atomic E-state index is 12.7. The van der Waals surface area contributed by atoms with Crippen LogP contribution in [-0.2, 0) is 4.74 Å². The molecule has 0 aliphatic heterocycles. The Bertz CT molecular complexity index is 1180. The molecule has 0 fully saturated rings. The highest BCUT2D eigenvalue weighted by Crippen LogP contribution is 2.24. The van der Waals surface area contributed by atoms with Crippen LogP contribution < -0.4 is 4.74 Å². The highest BCUT2D eigenvalue weighted by molar-refractivity contribution is 6.07. The van der Waals surface area contributed by atoms with Crippen LogP contribution in [-0.4, -0.2) is 40.9 Å². The summed E-state index contributed by atoms with van der Waals surface area (Å²) >= 11 is 0. The van der Waals surface area contributed by atoms with Gasteiger partial charge in [0.25, 0.3) is 0 Å². The van der Waals surface area contributed by atoms with E-state index in [1.807, 2.05) is 53.3 Å². The zero-order chi connectivity index (χ0) is 22.2. The number of carbonyl (C=O) groups excluding carboxylic acids is 1. The van der Waals surface area contributed by atoms with Crippen molar-refractivity contribution in [3.63, 3.8) is 0 Å². The lowest BCUT2D eigenvalue weighted by atomic mass is 10.1. The van der Waals surface area contributed by atoms with Gasteiger partial charge in [0, 0.05) is 42.4 Å². The molecule has 4 rings (SSSR count). The van der Waals surface area contributed by atoms with Gasteiger partial charge in [0.15, 0.2) is 5.78 Å². The fourth-order valence-electron chi connectivity index (χ4n) is 3.18. The summed E-state index contributed by atoms with van der Waals surface area (Å²) < 4.78 is 12.3. The monoisotopic (exact) mass is 425 g/mol. The van der Waals surface area contributed by atoms with E-state index in [0.29, 0.717) is 24.5 Å². The highest BCUT2D eigenvalue weighted by Gasteiger charge is 2.11. The third-order valence-electron chi connectivity index (χ3n) is 4.83. The molecule has 0 aliphatic carbocycles. The molecular weight excluding hydrogens is 402 g/mol. The van der Waals surface area contributed by atoms with Crippen molar-refractivity contribution in [1.29, 1.82) is 0 Å². The van der Waals surface area contributed by atoms with Gasteiger partial charge in [-0.15, -0.1) is 0 Å². The smallest absolute Gasteiger partial charge is 0.185 e. The second-order valence-corrected chi connectivity index (χ2v) is 7.01. The number of para-hydroxylation sites is 1. The highest BCUT2D eigenvalue weighted by atomic mass is 16.5. The van der Waals surface area contributed by atoms with E-state index in [2.05, 4.69) is 4.98 Å². The summed E-state index contributed by atoms with van der Waals surface area (Å²) in [4.78, 5) is 16.8. The fraction of sp³-hybridized carbons (Fsp3) is 0.115. The maximum Gasteiger partial charge on any atom is 0.185 e. The number of hydrogen-bond acceptors (Lipinski definition) is 5. The predicted molar refractivity (Wildman–Crippen MR) is 124 cm³/mol. The Morgan fingerprint density at radius 1 is 0.969 bits per heavy atom. The van der Waals surface area contributed by atoms with Gasteiger partial charge in [0.1, 0.15) is 18.1 Å². The van der Waals surface area contributed by atoms with Crippen molar-refractivity contribution >= 4 is 11.9 Å². The number of rotatable bonds is 9. The Hall–Kier alpha value is -4.03. The number of pyridine rings is 1. The largest absolute Gasteiger partial charge is 0.491 e. The SMILES string of the molecule is COCCOc1ccc(C(=O)/C=C/c2cn(-c3ccccc3)nc2-c2ccncc2)cc1. The lowest BCUT2D eigenvalue weighted by Gasteiger charge is -2.05. The number of allylic oxidation sites excluding steroid dienone is 1. The molecule has 6 heteroatoms. The molecule has 0 saturated heterocycles. The summed E-state index contributed by atoms with van der Waals surface area (Å²) in [6.45, 7) is 0.979. The van der Waals surface area contributed by atoms with Crippen LogP contribution in [0.2, 0.25) is 0 Å². The number of benzene rings is 2. The molecule has 4 aromatic rings. The third kappa shape index (κ3) is 5.17. The molecule has 0 atom stereocenters. The van der Waals surface area contributed by atoms with Crippen LogP contribution in [0.25, 0.3) is 23.0 Å². The van der Waals surface area contributed by atoms with Crippen LogP contribution in [0.3, 0.4) is 0 Å². The molecule has 2 aromatic heterocycles. The standard InChI is InChI=1S/C26H23N3O3/c1-31-17-18-32-24-10-7-20(8-11-24)25(30)12-9-22-19-29(23-5-3-2-4-6-23)28-26(22)21-13-15-27-16-14-21/h2-16,19H,17-18H2,1H3/b12-9+. The molecule has 0 saturated carbocycles. The van der Waals surface area contributed by atoms with Crippen molar-refractivity contribution in [3.05, 3.63) is 103 Å². The predicted octanol–water partition coefficient (Wildman–Crippen LogP) is 4.86. The number of ether oxygens (including phenoxy) is 2. The Kier molecular flexibility index (Phi) is 6.84. The molecule has 32 heavy (non-hydrogen) atoms. The molecule has 2 aromatic carbocycles. The average molecular weight is 425 g/mol. The van der Waals surface area contributed by atoms with E-state index in [-0.39, 0.29) is 5.78 Å². The Balaban J connectivity index is 1.57. The summed E-state index contributed by atoms with van der Waals surface area (Å²) in [6, 6.07) is 20.7. The lowest BCUT2D eigenvalue weighted by Crippen LogP contribution is -2.04. The molecule has 0 radical (unpaired) electrons. The Morgan fingerprint density at radius 2 is 1.72 bits per heavy atom. The van der Waals surface area contributed by atoms with Crippen molar-refractivity contribution in [2.75, 3.05) is 20.3 Å². The first-order valence-corrected chi connectivity index (χ1v) is 10.2. The number of ketones is 1. The van der Waals surface area contributed by atoms with Gasteiger partial charge in [0.05, 0.1) is 12.3 Å². The second kappa shape index (κ2) is 10.3. The van der Waals surface area contributed by atoms with Gasteiger partial charge >= 0.3 is 0 Å². The summed E-state index contributed by atoms with van der Waals surface area (Å²) in [5.41, 5.74) is 4.08. The zero-order valence-electron chi connectivity index (χ0n) is 17.7. The van der Waals surface area contributed by atoms with E-state index < -0.39 is 0 Å². The van der Waals surface area contributed by atoms with Gasteiger partial charge in [-0.2, -0.15) is 5.10 Å². The Labute approximate surface area is 186 Å². The van der Waals surface area contributed by atoms with Crippen LogP contribution in [0.4, 0.5) is 0 Å². The molecule has 0 spiro atoms. The quantitative estimate of drug-likeness (QED) is 0.218. The number of hydrogen-bond donors (Lipinski definition) is 0. The minimum Gasteiger partial charge on any atom is -0.491 e. The van der Waals surface area contributed by atoms with E-state index in [0.717, 1.165) is 22.5 Å². The first-order valence-electron chi connectivity index (χ1n) is 10.2. The molecule has 0 bridgehead atoms. The average Bonchev–Trinajstić information content (AvgIpc) is 3.29. The topological polar surface area (TPSA) is 66.2 Å². The maximum atomic E-state index is 12.7. The molecular formula is C26H23N3O3. The molecule has 0 N–H and O–H groups in total. The number of aromatic nitrogens is 3. The van der Waals surface area contributed by atoms with Crippen LogP contribution in [0.1, 0.15) is 15.9 Å². The fourth-order valence-corrected chi connectivity index (χ4v) is 3.18. The van der Waals surface area contributed by atoms with Gasteiger partial charge in [-0.1, -0.05) is 18.2 Å². The van der Waals surface area contributed by atoms with E-state index in [1.54, 1.807) is 55.9 Å². The van der Waals surface area contributed by atoms with E-state index in [4.69, 9.17) is 14.6 Å². The number of nitrogens with zero attached hydrogens (tertiary/aromatic N) is 3. The molecule has 160 valence electrons. The molecule has 0 amide bonds. The van der Waals surface area contributed by atoms with Gasteiger partial charge in [-0.3, -0.25) is 9.78 Å². The molecule has 6 nitrogen and oxygen atoms in total. The summed E-state index contributed by atoms with van der Waals surface area (Å²) in [7, 11) is 1.63. The molecule has 2 heterocycles. The zero-order valence-corrected chi connectivity index (χ0v) is 17.7. The van der Waals surface area contributed by atoms with Crippen LogP contribution >= 0.6 is 0 Å². The summed E-state index contributed by atoms with van der Waals surface area (Å²) in [5, 5.41) is 4.75. The van der Waals surface area contributed by atoms with Gasteiger partial charge < -0.3 is 9.47 Å². The van der Waals surface area contributed by atoms with Crippen molar-refractivity contribution in [3.8, 4) is 22.7 Å². The minimum atomic E-state index is -0.0958. The third-order valence-corrected chi connectivity index (χ3v) is 4.83. The van der Waals surface area contributed by atoms with Crippen molar-refractivity contribution in [2.24, 2.45) is 0 Å². The normalized spacial score (nSPS) is 11.0. The molecule has 0 aliphatic rings. The van der Waals surface area contributed by atoms with Crippen molar-refractivity contribution in [1.82, 2.24) is 14.8 Å². The van der Waals surface area contributed by atoms with Crippen LogP contribution in [0.5, 0.6) is 5.75 Å².